The minimum absolute atomic E-state index is 0.107. The van der Waals surface area contributed by atoms with Crippen molar-refractivity contribution in [2.45, 2.75) is 52.4 Å². The molecule has 122 valence electrons. The molecule has 0 saturated heterocycles. The number of hydrogen-bond donors (Lipinski definition) is 3. The molecule has 0 bridgehead atoms. The number of hydrazine groups is 1. The maximum atomic E-state index is 12.2. The van der Waals surface area contributed by atoms with Crippen molar-refractivity contribution in [1.29, 1.82) is 0 Å². The molecule has 0 aliphatic heterocycles. The molecule has 2 rings (SSSR count). The number of unbranched alkanes of at least 4 members (excludes halogenated alkanes) is 2. The number of carbonyl (C=O) groups is 1. The third-order valence-corrected chi connectivity index (χ3v) is 5.39. The van der Waals surface area contributed by atoms with Crippen molar-refractivity contribution in [3.8, 4) is 0 Å². The normalized spacial score (nSPS) is 16.7. The summed E-state index contributed by atoms with van der Waals surface area (Å²) in [5.41, 5.74) is 6.79. The van der Waals surface area contributed by atoms with Crippen LogP contribution in [0.3, 0.4) is 0 Å². The average Bonchev–Trinajstić information content (AvgIpc) is 2.92. The molecule has 0 saturated carbocycles. The summed E-state index contributed by atoms with van der Waals surface area (Å²) in [6.07, 6.45) is 6.85. The number of hydrogen-bond acceptors (Lipinski definition) is 3. The Bertz CT molecular complexity index is 527. The van der Waals surface area contributed by atoms with Gasteiger partial charge in [0.05, 0.1) is 4.88 Å². The molecule has 1 amide bonds. The van der Waals surface area contributed by atoms with E-state index < -0.39 is 0 Å². The van der Waals surface area contributed by atoms with E-state index in [9.17, 15) is 4.79 Å². The molecule has 0 spiro atoms. The number of thiophene rings is 1. The van der Waals surface area contributed by atoms with Crippen LogP contribution in [0.1, 0.15) is 59.6 Å². The minimum atomic E-state index is -0.107. The summed E-state index contributed by atoms with van der Waals surface area (Å²) in [6, 6.07) is 2.03. The summed E-state index contributed by atoms with van der Waals surface area (Å²) in [7, 11) is 0. The second-order valence-corrected chi connectivity index (χ2v) is 7.49. The summed E-state index contributed by atoms with van der Waals surface area (Å²) >= 11 is 6.75. The van der Waals surface area contributed by atoms with E-state index in [4.69, 9.17) is 12.2 Å². The van der Waals surface area contributed by atoms with Crippen LogP contribution in [0.4, 0.5) is 0 Å². The molecule has 1 atom stereocenters. The van der Waals surface area contributed by atoms with Gasteiger partial charge < -0.3 is 5.32 Å². The molecule has 22 heavy (non-hydrogen) atoms. The molecular formula is C16H25N3OS2. The molecule has 4 nitrogen and oxygen atoms in total. The van der Waals surface area contributed by atoms with Gasteiger partial charge in [-0.3, -0.25) is 15.6 Å². The third kappa shape index (κ3) is 4.95. The van der Waals surface area contributed by atoms with Crippen molar-refractivity contribution in [3.63, 3.8) is 0 Å². The van der Waals surface area contributed by atoms with Gasteiger partial charge >= 0.3 is 0 Å². The van der Waals surface area contributed by atoms with E-state index in [0.717, 1.165) is 36.6 Å². The molecule has 0 fully saturated rings. The van der Waals surface area contributed by atoms with Crippen molar-refractivity contribution in [3.05, 3.63) is 21.4 Å². The van der Waals surface area contributed by atoms with Crippen LogP contribution in [0.25, 0.3) is 0 Å². The van der Waals surface area contributed by atoms with Crippen molar-refractivity contribution in [1.82, 2.24) is 16.2 Å². The highest BCUT2D eigenvalue weighted by Gasteiger charge is 2.20. The Hall–Kier alpha value is -1.14. The molecule has 0 unspecified atom stereocenters. The average molecular weight is 340 g/mol. The van der Waals surface area contributed by atoms with Gasteiger partial charge in [0, 0.05) is 11.4 Å². The van der Waals surface area contributed by atoms with Gasteiger partial charge in [-0.1, -0.05) is 26.7 Å². The van der Waals surface area contributed by atoms with Crippen molar-refractivity contribution in [2.24, 2.45) is 5.92 Å². The fraction of sp³-hybridized carbons (Fsp3) is 0.625. The van der Waals surface area contributed by atoms with E-state index >= 15 is 0 Å². The molecule has 1 aliphatic carbocycles. The minimum Gasteiger partial charge on any atom is -0.361 e. The highest BCUT2D eigenvalue weighted by Crippen LogP contribution is 2.31. The Balaban J connectivity index is 1.77. The third-order valence-electron chi connectivity index (χ3n) is 3.91. The van der Waals surface area contributed by atoms with Gasteiger partial charge in [-0.05, 0) is 55.4 Å². The van der Waals surface area contributed by atoms with Gasteiger partial charge in [-0.2, -0.15) is 0 Å². The van der Waals surface area contributed by atoms with Crippen LogP contribution in [0.15, 0.2) is 6.07 Å². The summed E-state index contributed by atoms with van der Waals surface area (Å²) in [5, 5.41) is 3.56. The Morgan fingerprint density at radius 2 is 2.23 bits per heavy atom. The van der Waals surface area contributed by atoms with Crippen LogP contribution in [0.2, 0.25) is 0 Å². The lowest BCUT2D eigenvalue weighted by molar-refractivity contribution is 0.0947. The fourth-order valence-electron chi connectivity index (χ4n) is 2.61. The van der Waals surface area contributed by atoms with E-state index in [2.05, 4.69) is 30.0 Å². The van der Waals surface area contributed by atoms with Crippen molar-refractivity contribution < 1.29 is 4.79 Å². The molecule has 1 aromatic rings. The van der Waals surface area contributed by atoms with Gasteiger partial charge in [-0.15, -0.1) is 11.3 Å². The topological polar surface area (TPSA) is 53.2 Å². The van der Waals surface area contributed by atoms with Gasteiger partial charge in [0.15, 0.2) is 5.11 Å². The standard InChI is InChI=1S/C16H25N3OS2/c1-3-4-5-8-17-16(21)19-18-15(20)14-10-12-9-11(2)6-7-13(12)22-14/h10-11H,3-9H2,1-2H3,(H,18,20)(H2,17,19,21)/t11-/m1/s1. The first kappa shape index (κ1) is 17.2. The van der Waals surface area contributed by atoms with Crippen LogP contribution in [-0.4, -0.2) is 17.6 Å². The first-order valence-electron chi connectivity index (χ1n) is 8.06. The number of aryl methyl sites for hydroxylation is 1. The number of carbonyl (C=O) groups excluding carboxylic acids is 1. The summed E-state index contributed by atoms with van der Waals surface area (Å²) in [6.45, 7) is 5.27. The fourth-order valence-corrected chi connectivity index (χ4v) is 3.87. The SMILES string of the molecule is CCCCCNC(=S)NNC(=O)c1cc2c(s1)CC[C@@H](C)C2. The number of fused-ring (bicyclic) bond motifs is 1. The van der Waals surface area contributed by atoms with E-state index in [1.807, 2.05) is 6.07 Å². The Morgan fingerprint density at radius 3 is 3.00 bits per heavy atom. The van der Waals surface area contributed by atoms with E-state index in [0.29, 0.717) is 5.11 Å². The largest absolute Gasteiger partial charge is 0.361 e. The lowest BCUT2D eigenvalue weighted by Gasteiger charge is -2.16. The number of rotatable bonds is 5. The highest BCUT2D eigenvalue weighted by molar-refractivity contribution is 7.80. The number of nitrogens with one attached hydrogen (secondary N) is 3. The van der Waals surface area contributed by atoms with Gasteiger partial charge in [0.1, 0.15) is 0 Å². The van der Waals surface area contributed by atoms with Crippen LogP contribution in [-0.2, 0) is 12.8 Å². The summed E-state index contributed by atoms with van der Waals surface area (Å²) in [5.74, 6) is 0.612. The Morgan fingerprint density at radius 1 is 1.41 bits per heavy atom. The van der Waals surface area contributed by atoms with E-state index in [1.165, 1.54) is 29.7 Å². The van der Waals surface area contributed by atoms with Crippen LogP contribution >= 0.6 is 23.6 Å². The van der Waals surface area contributed by atoms with Crippen LogP contribution in [0, 0.1) is 5.92 Å². The molecule has 1 aromatic heterocycles. The van der Waals surface area contributed by atoms with Crippen molar-refractivity contribution >= 4 is 34.6 Å². The molecule has 3 N–H and O–H groups in total. The highest BCUT2D eigenvalue weighted by atomic mass is 32.1. The van der Waals surface area contributed by atoms with E-state index in [1.54, 1.807) is 11.3 Å². The maximum Gasteiger partial charge on any atom is 0.279 e. The molecular weight excluding hydrogens is 314 g/mol. The lowest BCUT2D eigenvalue weighted by atomic mass is 9.90. The van der Waals surface area contributed by atoms with Gasteiger partial charge in [0.25, 0.3) is 5.91 Å². The lowest BCUT2D eigenvalue weighted by Crippen LogP contribution is -2.46. The maximum absolute atomic E-state index is 12.2. The Labute approximate surface area is 142 Å². The second kappa shape index (κ2) is 8.48. The molecule has 0 radical (unpaired) electrons. The zero-order chi connectivity index (χ0) is 15.9. The first-order chi connectivity index (χ1) is 10.6. The molecule has 0 aromatic carbocycles. The number of amides is 1. The second-order valence-electron chi connectivity index (χ2n) is 5.95. The monoisotopic (exact) mass is 339 g/mol. The van der Waals surface area contributed by atoms with Gasteiger partial charge in [0.2, 0.25) is 0 Å². The summed E-state index contributed by atoms with van der Waals surface area (Å²) in [4.78, 5) is 14.3. The number of thiocarbonyl (C=S) groups is 1. The van der Waals surface area contributed by atoms with E-state index in [-0.39, 0.29) is 5.91 Å². The zero-order valence-corrected chi connectivity index (χ0v) is 15.0. The smallest absolute Gasteiger partial charge is 0.279 e. The van der Waals surface area contributed by atoms with Crippen LogP contribution in [0.5, 0.6) is 0 Å². The molecule has 6 heteroatoms. The first-order valence-corrected chi connectivity index (χ1v) is 9.28. The zero-order valence-electron chi connectivity index (χ0n) is 13.3. The quantitative estimate of drug-likeness (QED) is 0.438. The Kier molecular flexibility index (Phi) is 6.64. The van der Waals surface area contributed by atoms with Gasteiger partial charge in [-0.25, -0.2) is 0 Å². The summed E-state index contributed by atoms with van der Waals surface area (Å²) < 4.78 is 0. The predicted molar refractivity (Wildman–Crippen MR) is 96.2 cm³/mol. The molecule has 1 heterocycles. The van der Waals surface area contributed by atoms with Crippen LogP contribution < -0.4 is 16.2 Å². The predicted octanol–water partition coefficient (Wildman–Crippen LogP) is 3.17. The molecule has 1 aliphatic rings. The van der Waals surface area contributed by atoms with Crippen molar-refractivity contribution in [2.75, 3.05) is 6.54 Å².